The van der Waals surface area contributed by atoms with Gasteiger partial charge in [-0.05, 0) is 26.2 Å². The molecule has 0 saturated carbocycles. The topological polar surface area (TPSA) is 43.1 Å². The van der Waals surface area contributed by atoms with Crippen LogP contribution < -0.4 is 5.73 Å². The maximum atomic E-state index is 10.5. The highest BCUT2D eigenvalue weighted by Gasteiger charge is 2.15. The van der Waals surface area contributed by atoms with Crippen LogP contribution in [-0.4, -0.2) is 11.8 Å². The van der Waals surface area contributed by atoms with Gasteiger partial charge in [0.1, 0.15) is 6.29 Å². The van der Waals surface area contributed by atoms with E-state index in [4.69, 9.17) is 5.73 Å². The Morgan fingerprint density at radius 1 is 1.29 bits per heavy atom. The fourth-order valence-corrected chi connectivity index (χ4v) is 1.38. The van der Waals surface area contributed by atoms with E-state index in [1.807, 2.05) is 6.08 Å². The third kappa shape index (κ3) is 7.99. The zero-order chi connectivity index (χ0) is 10.9. The van der Waals surface area contributed by atoms with Gasteiger partial charge in [-0.25, -0.2) is 0 Å². The number of hydrogen-bond acceptors (Lipinski definition) is 2. The maximum absolute atomic E-state index is 10.5. The van der Waals surface area contributed by atoms with Crippen LogP contribution >= 0.6 is 0 Å². The molecule has 0 bridgehead atoms. The molecule has 0 rings (SSSR count). The van der Waals surface area contributed by atoms with Crippen LogP contribution in [0.15, 0.2) is 12.7 Å². The molecule has 2 nitrogen and oxygen atoms in total. The molecule has 0 saturated heterocycles. The van der Waals surface area contributed by atoms with E-state index in [2.05, 4.69) is 6.58 Å². The molecule has 84 valence electrons. The van der Waals surface area contributed by atoms with E-state index in [-0.39, 0.29) is 1.43 Å². The largest absolute Gasteiger partial charge is 0.319 e. The average Bonchev–Trinajstić information content (AvgIpc) is 2.16. The van der Waals surface area contributed by atoms with Crippen molar-refractivity contribution in [2.45, 2.75) is 57.4 Å². The minimum Gasteiger partial charge on any atom is -0.319 e. The monoisotopic (exact) mass is 199 g/mol. The van der Waals surface area contributed by atoms with Crippen LogP contribution in [0, 0.1) is 0 Å². The van der Waals surface area contributed by atoms with E-state index in [0.717, 1.165) is 25.5 Å². The standard InChI is InChI=1S/C12H23NO.H2/c1-3-4-5-6-7-8-9-10-12(2,13)11-14;/h3,11H,1,4-10,13H2,2H3;1H/t12-;/m0./s1. The Kier molecular flexibility index (Phi) is 7.40. The lowest BCUT2D eigenvalue weighted by atomic mass is 9.97. The van der Waals surface area contributed by atoms with Crippen molar-refractivity contribution in [1.82, 2.24) is 0 Å². The van der Waals surface area contributed by atoms with Crippen molar-refractivity contribution in [3.05, 3.63) is 12.7 Å². The second-order valence-corrected chi connectivity index (χ2v) is 4.22. The highest BCUT2D eigenvalue weighted by molar-refractivity contribution is 5.62. The maximum Gasteiger partial charge on any atom is 0.139 e. The average molecular weight is 199 g/mol. The fourth-order valence-electron chi connectivity index (χ4n) is 1.38. The van der Waals surface area contributed by atoms with Gasteiger partial charge in [0.05, 0.1) is 5.54 Å². The SMILES string of the molecule is C=CCCCCCCC[C@](C)(N)C=O.[HH]. The molecule has 0 spiro atoms. The molecule has 0 fully saturated rings. The molecule has 1 atom stereocenters. The van der Waals surface area contributed by atoms with E-state index < -0.39 is 5.54 Å². The van der Waals surface area contributed by atoms with Crippen LogP contribution in [-0.2, 0) is 4.79 Å². The number of aldehydes is 1. The molecule has 0 aromatic rings. The van der Waals surface area contributed by atoms with Crippen LogP contribution in [0.4, 0.5) is 0 Å². The van der Waals surface area contributed by atoms with Crippen molar-refractivity contribution in [3.63, 3.8) is 0 Å². The van der Waals surface area contributed by atoms with Gasteiger partial charge in [0.25, 0.3) is 0 Å². The molecule has 0 radical (unpaired) electrons. The Balaban J connectivity index is 0. The molecular formula is C12H25NO. The second kappa shape index (κ2) is 7.74. The first-order chi connectivity index (χ1) is 6.62. The fraction of sp³-hybridized carbons (Fsp3) is 0.750. The van der Waals surface area contributed by atoms with Gasteiger partial charge in [-0.3, -0.25) is 0 Å². The Labute approximate surface area is 89.1 Å². The molecule has 0 aliphatic carbocycles. The number of allylic oxidation sites excluding steroid dienone is 1. The Morgan fingerprint density at radius 3 is 2.43 bits per heavy atom. The third-order valence-corrected chi connectivity index (χ3v) is 2.39. The normalized spacial score (nSPS) is 14.7. The highest BCUT2D eigenvalue weighted by atomic mass is 16.1. The molecule has 0 aromatic carbocycles. The van der Waals surface area contributed by atoms with Crippen LogP contribution in [0.2, 0.25) is 0 Å². The Morgan fingerprint density at radius 2 is 1.86 bits per heavy atom. The minimum atomic E-state index is -0.610. The molecule has 0 aromatic heterocycles. The number of carbonyl (C=O) groups excluding carboxylic acids is 1. The van der Waals surface area contributed by atoms with E-state index in [0.29, 0.717) is 0 Å². The van der Waals surface area contributed by atoms with E-state index in [9.17, 15) is 4.79 Å². The molecular weight excluding hydrogens is 174 g/mol. The lowest BCUT2D eigenvalue weighted by Crippen LogP contribution is -2.37. The first-order valence-electron chi connectivity index (χ1n) is 5.48. The highest BCUT2D eigenvalue weighted by Crippen LogP contribution is 2.12. The van der Waals surface area contributed by atoms with Crippen molar-refractivity contribution in [3.8, 4) is 0 Å². The number of carbonyl (C=O) groups is 1. The van der Waals surface area contributed by atoms with Gasteiger partial charge in [0, 0.05) is 1.43 Å². The number of hydrogen-bond donors (Lipinski definition) is 1. The Bertz CT molecular complexity index is 169. The lowest BCUT2D eigenvalue weighted by Gasteiger charge is -2.15. The van der Waals surface area contributed by atoms with Crippen molar-refractivity contribution in [2.24, 2.45) is 5.73 Å². The van der Waals surface area contributed by atoms with E-state index in [1.54, 1.807) is 6.92 Å². The zero-order valence-corrected chi connectivity index (χ0v) is 9.30. The van der Waals surface area contributed by atoms with E-state index >= 15 is 0 Å². The van der Waals surface area contributed by atoms with Gasteiger partial charge >= 0.3 is 0 Å². The molecule has 0 heterocycles. The van der Waals surface area contributed by atoms with Crippen LogP contribution in [0.5, 0.6) is 0 Å². The molecule has 0 aliphatic rings. The van der Waals surface area contributed by atoms with Crippen molar-refractivity contribution in [2.75, 3.05) is 0 Å². The summed E-state index contributed by atoms with van der Waals surface area (Å²) >= 11 is 0. The van der Waals surface area contributed by atoms with Crippen LogP contribution in [0.3, 0.4) is 0 Å². The lowest BCUT2D eigenvalue weighted by molar-refractivity contribution is -0.112. The molecule has 0 unspecified atom stereocenters. The summed E-state index contributed by atoms with van der Waals surface area (Å²) in [5.41, 5.74) is 5.09. The summed E-state index contributed by atoms with van der Waals surface area (Å²) in [5.74, 6) is 0. The van der Waals surface area contributed by atoms with Gasteiger partial charge in [-0.15, -0.1) is 6.58 Å². The quantitative estimate of drug-likeness (QED) is 0.352. The summed E-state index contributed by atoms with van der Waals surface area (Å²) in [5, 5.41) is 0. The number of nitrogens with two attached hydrogens (primary N) is 1. The van der Waals surface area contributed by atoms with Gasteiger partial charge in [-0.2, -0.15) is 0 Å². The van der Waals surface area contributed by atoms with Crippen LogP contribution in [0.25, 0.3) is 0 Å². The second-order valence-electron chi connectivity index (χ2n) is 4.22. The van der Waals surface area contributed by atoms with Gasteiger partial charge in [-0.1, -0.05) is 31.8 Å². The van der Waals surface area contributed by atoms with Gasteiger partial charge < -0.3 is 10.5 Å². The zero-order valence-electron chi connectivity index (χ0n) is 9.30. The van der Waals surface area contributed by atoms with Crippen molar-refractivity contribution < 1.29 is 6.22 Å². The summed E-state index contributed by atoms with van der Waals surface area (Å²) in [6.07, 6.45) is 10.7. The van der Waals surface area contributed by atoms with Crippen molar-refractivity contribution in [1.29, 1.82) is 0 Å². The molecule has 2 heteroatoms. The van der Waals surface area contributed by atoms with Gasteiger partial charge in [0.2, 0.25) is 0 Å². The predicted octanol–water partition coefficient (Wildman–Crippen LogP) is 3.07. The summed E-state index contributed by atoms with van der Waals surface area (Å²) < 4.78 is 0. The molecule has 0 aliphatic heterocycles. The number of rotatable bonds is 9. The summed E-state index contributed by atoms with van der Waals surface area (Å²) in [4.78, 5) is 10.5. The van der Waals surface area contributed by atoms with Crippen LogP contribution in [0.1, 0.15) is 53.3 Å². The first kappa shape index (κ1) is 13.4. The summed E-state index contributed by atoms with van der Waals surface area (Å²) in [6.45, 7) is 5.47. The molecule has 2 N–H and O–H groups in total. The smallest absolute Gasteiger partial charge is 0.139 e. The van der Waals surface area contributed by atoms with E-state index in [1.165, 1.54) is 25.7 Å². The minimum absolute atomic E-state index is 0. The van der Waals surface area contributed by atoms with Crippen molar-refractivity contribution >= 4 is 6.29 Å². The summed E-state index contributed by atoms with van der Waals surface area (Å²) in [7, 11) is 0. The first-order valence-corrected chi connectivity index (χ1v) is 5.48. The summed E-state index contributed by atoms with van der Waals surface area (Å²) in [6, 6.07) is 0. The molecule has 14 heavy (non-hydrogen) atoms. The Hall–Kier alpha value is -0.630. The third-order valence-electron chi connectivity index (χ3n) is 2.39. The number of unbranched alkanes of at least 4 members (excludes halogenated alkanes) is 5. The van der Waals surface area contributed by atoms with Gasteiger partial charge in [0.15, 0.2) is 0 Å². The molecule has 0 amide bonds. The predicted molar refractivity (Wildman–Crippen MR) is 63.3 cm³/mol.